The first-order valence-electron chi connectivity index (χ1n) is 7.02. The molecule has 1 unspecified atom stereocenters. The Kier molecular flexibility index (Phi) is 3.50. The molecule has 1 N–H and O–H groups in total. The van der Waals surface area contributed by atoms with Crippen molar-refractivity contribution >= 4 is 28.6 Å². The standard InChI is InChI=1S/C16H20N2OS/c1-10-11(2)17-15-5-4-12(8-14(10)15)16(19)18(3)13-6-7-20-9-13/h4-5,8,13,17H,6-7,9H2,1-3H3. The molecule has 20 heavy (non-hydrogen) atoms. The number of rotatable bonds is 2. The van der Waals surface area contributed by atoms with Crippen LogP contribution in [0.5, 0.6) is 0 Å². The van der Waals surface area contributed by atoms with Crippen molar-refractivity contribution in [3.05, 3.63) is 35.0 Å². The van der Waals surface area contributed by atoms with E-state index in [1.807, 2.05) is 41.9 Å². The van der Waals surface area contributed by atoms with E-state index in [-0.39, 0.29) is 5.91 Å². The average molecular weight is 288 g/mol. The molecule has 1 aliphatic rings. The van der Waals surface area contributed by atoms with Crippen LogP contribution in [0.2, 0.25) is 0 Å². The Morgan fingerprint density at radius 1 is 1.40 bits per heavy atom. The molecule has 0 bridgehead atoms. The number of carbonyl (C=O) groups is 1. The molecule has 1 aliphatic heterocycles. The Hall–Kier alpha value is -1.42. The fourth-order valence-corrected chi connectivity index (χ4v) is 4.06. The van der Waals surface area contributed by atoms with Gasteiger partial charge in [0.15, 0.2) is 0 Å². The molecule has 0 saturated carbocycles. The van der Waals surface area contributed by atoms with E-state index in [0.717, 1.165) is 34.4 Å². The van der Waals surface area contributed by atoms with Gasteiger partial charge in [-0.25, -0.2) is 0 Å². The topological polar surface area (TPSA) is 36.1 Å². The number of fused-ring (bicyclic) bond motifs is 1. The second-order valence-electron chi connectivity index (χ2n) is 5.57. The van der Waals surface area contributed by atoms with Crippen molar-refractivity contribution in [2.45, 2.75) is 26.3 Å². The van der Waals surface area contributed by atoms with Crippen molar-refractivity contribution in [1.29, 1.82) is 0 Å². The van der Waals surface area contributed by atoms with Gasteiger partial charge in [-0.05, 0) is 49.8 Å². The number of carbonyl (C=O) groups excluding carboxylic acids is 1. The van der Waals surface area contributed by atoms with Gasteiger partial charge in [-0.2, -0.15) is 11.8 Å². The normalized spacial score (nSPS) is 18.6. The maximum absolute atomic E-state index is 12.6. The predicted molar refractivity (Wildman–Crippen MR) is 85.6 cm³/mol. The van der Waals surface area contributed by atoms with Crippen molar-refractivity contribution in [3.63, 3.8) is 0 Å². The average Bonchev–Trinajstić information content (AvgIpc) is 3.07. The lowest BCUT2D eigenvalue weighted by molar-refractivity contribution is 0.0748. The van der Waals surface area contributed by atoms with Gasteiger partial charge in [0.05, 0.1) is 0 Å². The van der Waals surface area contributed by atoms with Gasteiger partial charge >= 0.3 is 0 Å². The fourth-order valence-electron chi connectivity index (χ4n) is 2.79. The molecule has 3 nitrogen and oxygen atoms in total. The molecule has 106 valence electrons. The van der Waals surface area contributed by atoms with Gasteiger partial charge in [0.25, 0.3) is 5.91 Å². The van der Waals surface area contributed by atoms with Gasteiger partial charge in [-0.3, -0.25) is 4.79 Å². The van der Waals surface area contributed by atoms with E-state index in [2.05, 4.69) is 18.8 Å². The number of hydrogen-bond acceptors (Lipinski definition) is 2. The first-order chi connectivity index (χ1) is 9.58. The Labute approximate surface area is 123 Å². The minimum absolute atomic E-state index is 0.137. The van der Waals surface area contributed by atoms with E-state index in [0.29, 0.717) is 6.04 Å². The van der Waals surface area contributed by atoms with E-state index >= 15 is 0 Å². The van der Waals surface area contributed by atoms with E-state index < -0.39 is 0 Å². The second-order valence-corrected chi connectivity index (χ2v) is 6.72. The molecule has 3 rings (SSSR count). The van der Waals surface area contributed by atoms with Gasteiger partial charge in [0.1, 0.15) is 0 Å². The number of aromatic nitrogens is 1. The molecule has 1 saturated heterocycles. The van der Waals surface area contributed by atoms with E-state index in [9.17, 15) is 4.79 Å². The third-order valence-electron chi connectivity index (χ3n) is 4.33. The summed E-state index contributed by atoms with van der Waals surface area (Å²) in [5, 5.41) is 1.16. The molecule has 2 heterocycles. The molecule has 2 aromatic rings. The van der Waals surface area contributed by atoms with Gasteiger partial charge in [-0.1, -0.05) is 0 Å². The Morgan fingerprint density at radius 3 is 2.90 bits per heavy atom. The van der Waals surface area contributed by atoms with E-state index in [1.165, 1.54) is 11.3 Å². The monoisotopic (exact) mass is 288 g/mol. The highest BCUT2D eigenvalue weighted by molar-refractivity contribution is 7.99. The van der Waals surface area contributed by atoms with E-state index in [1.54, 1.807) is 0 Å². The molecule has 0 aliphatic carbocycles. The van der Waals surface area contributed by atoms with Crippen LogP contribution >= 0.6 is 11.8 Å². The molecular formula is C16H20N2OS. The van der Waals surface area contributed by atoms with Crippen LogP contribution in [0, 0.1) is 13.8 Å². The summed E-state index contributed by atoms with van der Waals surface area (Å²) in [5.41, 5.74) is 4.30. The maximum atomic E-state index is 12.6. The molecule has 1 fully saturated rings. The van der Waals surface area contributed by atoms with Crippen LogP contribution in [0.25, 0.3) is 10.9 Å². The summed E-state index contributed by atoms with van der Waals surface area (Å²) in [6, 6.07) is 6.35. The van der Waals surface area contributed by atoms with Crippen molar-refractivity contribution in [3.8, 4) is 0 Å². The van der Waals surface area contributed by atoms with Gasteiger partial charge < -0.3 is 9.88 Å². The van der Waals surface area contributed by atoms with Crippen LogP contribution in [-0.4, -0.2) is 40.4 Å². The zero-order chi connectivity index (χ0) is 14.3. The summed E-state index contributed by atoms with van der Waals surface area (Å²) in [5.74, 6) is 2.36. The van der Waals surface area contributed by atoms with Crippen molar-refractivity contribution in [1.82, 2.24) is 9.88 Å². The summed E-state index contributed by atoms with van der Waals surface area (Å²) in [7, 11) is 1.93. The number of nitrogens with zero attached hydrogens (tertiary/aromatic N) is 1. The van der Waals surface area contributed by atoms with Crippen LogP contribution in [0.15, 0.2) is 18.2 Å². The number of aryl methyl sites for hydroxylation is 2. The van der Waals surface area contributed by atoms with Crippen LogP contribution < -0.4 is 0 Å². The molecule has 1 aromatic carbocycles. The lowest BCUT2D eigenvalue weighted by atomic mass is 10.1. The summed E-state index contributed by atoms with van der Waals surface area (Å²) in [6.07, 6.45) is 1.11. The number of amides is 1. The lowest BCUT2D eigenvalue weighted by Gasteiger charge is -2.23. The quantitative estimate of drug-likeness (QED) is 0.920. The highest BCUT2D eigenvalue weighted by Crippen LogP contribution is 2.25. The molecule has 0 spiro atoms. The predicted octanol–water partition coefficient (Wildman–Crippen LogP) is 3.36. The first-order valence-corrected chi connectivity index (χ1v) is 8.17. The van der Waals surface area contributed by atoms with Crippen molar-refractivity contribution in [2.24, 2.45) is 0 Å². The number of hydrogen-bond donors (Lipinski definition) is 1. The second kappa shape index (κ2) is 5.17. The summed E-state index contributed by atoms with van der Waals surface area (Å²) in [4.78, 5) is 17.9. The van der Waals surface area contributed by atoms with Gasteiger partial charge in [0.2, 0.25) is 0 Å². The lowest BCUT2D eigenvalue weighted by Crippen LogP contribution is -2.36. The minimum atomic E-state index is 0.137. The Morgan fingerprint density at radius 2 is 2.20 bits per heavy atom. The van der Waals surface area contributed by atoms with Crippen molar-refractivity contribution in [2.75, 3.05) is 18.6 Å². The maximum Gasteiger partial charge on any atom is 0.253 e. The number of nitrogens with one attached hydrogen (secondary N) is 1. The van der Waals surface area contributed by atoms with Crippen molar-refractivity contribution < 1.29 is 4.79 Å². The van der Waals surface area contributed by atoms with Crippen LogP contribution in [0.3, 0.4) is 0 Å². The van der Waals surface area contributed by atoms with Gasteiger partial charge in [0, 0.05) is 41.0 Å². The Balaban J connectivity index is 1.92. The van der Waals surface area contributed by atoms with E-state index in [4.69, 9.17) is 0 Å². The fraction of sp³-hybridized carbons (Fsp3) is 0.438. The largest absolute Gasteiger partial charge is 0.358 e. The highest BCUT2D eigenvalue weighted by atomic mass is 32.2. The molecule has 1 aromatic heterocycles. The summed E-state index contributed by atoms with van der Waals surface area (Å²) < 4.78 is 0. The molecule has 0 radical (unpaired) electrons. The number of thioether (sulfide) groups is 1. The Bertz CT molecular complexity index is 656. The summed E-state index contributed by atoms with van der Waals surface area (Å²) in [6.45, 7) is 4.17. The number of H-pyrrole nitrogens is 1. The third kappa shape index (κ3) is 2.22. The molecule has 4 heteroatoms. The highest BCUT2D eigenvalue weighted by Gasteiger charge is 2.24. The zero-order valence-corrected chi connectivity index (χ0v) is 13.0. The third-order valence-corrected chi connectivity index (χ3v) is 5.47. The summed E-state index contributed by atoms with van der Waals surface area (Å²) >= 11 is 1.93. The van der Waals surface area contributed by atoms with Crippen LogP contribution in [-0.2, 0) is 0 Å². The van der Waals surface area contributed by atoms with Crippen LogP contribution in [0.4, 0.5) is 0 Å². The smallest absolute Gasteiger partial charge is 0.253 e. The first kappa shape index (κ1) is 13.6. The molecule has 1 amide bonds. The minimum Gasteiger partial charge on any atom is -0.358 e. The zero-order valence-electron chi connectivity index (χ0n) is 12.2. The number of aromatic amines is 1. The number of benzene rings is 1. The van der Waals surface area contributed by atoms with Crippen LogP contribution in [0.1, 0.15) is 28.0 Å². The SMILES string of the molecule is Cc1[nH]c2ccc(C(=O)N(C)C3CCSC3)cc2c1C. The van der Waals surface area contributed by atoms with Gasteiger partial charge in [-0.15, -0.1) is 0 Å². The molecular weight excluding hydrogens is 268 g/mol. The molecule has 1 atom stereocenters.